The SMILES string of the molecule is Cc1ccccc1Oc1cc(Oc2nn(C)c(C(F)(F)F)c2Cl)ccc1[N+](=O)[O-]. The van der Waals surface area contributed by atoms with Gasteiger partial charge < -0.3 is 9.47 Å². The van der Waals surface area contributed by atoms with Gasteiger partial charge in [-0.3, -0.25) is 14.8 Å². The van der Waals surface area contributed by atoms with Gasteiger partial charge in [0.2, 0.25) is 5.75 Å². The molecular weight excluding hydrogens is 415 g/mol. The Kier molecular flexibility index (Phi) is 5.38. The van der Waals surface area contributed by atoms with E-state index in [4.69, 9.17) is 21.1 Å². The van der Waals surface area contributed by atoms with Crippen LogP contribution in [0.2, 0.25) is 5.02 Å². The number of ether oxygens (including phenoxy) is 2. The Hall–Kier alpha value is -3.27. The van der Waals surface area contributed by atoms with E-state index >= 15 is 0 Å². The lowest BCUT2D eigenvalue weighted by molar-refractivity contribution is -0.385. The van der Waals surface area contributed by atoms with Gasteiger partial charge in [0.25, 0.3) is 5.88 Å². The van der Waals surface area contributed by atoms with Crippen molar-refractivity contribution in [2.75, 3.05) is 0 Å². The smallest absolute Gasteiger partial charge is 0.434 e. The van der Waals surface area contributed by atoms with Gasteiger partial charge in [0.05, 0.1) is 4.92 Å². The maximum Gasteiger partial charge on any atom is 0.434 e. The highest BCUT2D eigenvalue weighted by molar-refractivity contribution is 6.32. The lowest BCUT2D eigenvalue weighted by Gasteiger charge is -2.10. The number of para-hydroxylation sites is 1. The summed E-state index contributed by atoms with van der Waals surface area (Å²) in [5, 5.41) is 14.2. The number of nitro groups is 1. The number of alkyl halides is 3. The molecule has 1 aromatic heterocycles. The monoisotopic (exact) mass is 427 g/mol. The van der Waals surface area contributed by atoms with Crippen molar-refractivity contribution in [2.24, 2.45) is 7.05 Å². The van der Waals surface area contributed by atoms with Crippen LogP contribution in [0.1, 0.15) is 11.3 Å². The van der Waals surface area contributed by atoms with Gasteiger partial charge in [-0.05, 0) is 24.6 Å². The topological polar surface area (TPSA) is 79.4 Å². The Labute approximate surface area is 167 Å². The number of nitrogens with zero attached hydrogens (tertiary/aromatic N) is 3. The van der Waals surface area contributed by atoms with E-state index in [1.807, 2.05) is 0 Å². The van der Waals surface area contributed by atoms with Crippen molar-refractivity contribution in [3.8, 4) is 23.1 Å². The highest BCUT2D eigenvalue weighted by Gasteiger charge is 2.39. The molecule has 29 heavy (non-hydrogen) atoms. The van der Waals surface area contributed by atoms with Gasteiger partial charge in [-0.15, -0.1) is 5.10 Å². The second-order valence-corrected chi connectivity index (χ2v) is 6.32. The summed E-state index contributed by atoms with van der Waals surface area (Å²) in [5.41, 5.74) is -0.785. The molecule has 7 nitrogen and oxygen atoms in total. The summed E-state index contributed by atoms with van der Waals surface area (Å²) >= 11 is 5.77. The minimum Gasteiger partial charge on any atom is -0.450 e. The molecule has 1 heterocycles. The van der Waals surface area contributed by atoms with E-state index in [1.165, 1.54) is 12.1 Å². The number of benzene rings is 2. The molecule has 0 radical (unpaired) electrons. The minimum absolute atomic E-state index is 0.0343. The van der Waals surface area contributed by atoms with Crippen LogP contribution in [0.4, 0.5) is 18.9 Å². The van der Waals surface area contributed by atoms with Crippen LogP contribution in [0.3, 0.4) is 0 Å². The average molecular weight is 428 g/mol. The van der Waals surface area contributed by atoms with E-state index < -0.39 is 27.7 Å². The van der Waals surface area contributed by atoms with Crippen molar-refractivity contribution in [1.82, 2.24) is 9.78 Å². The van der Waals surface area contributed by atoms with Gasteiger partial charge >= 0.3 is 11.9 Å². The van der Waals surface area contributed by atoms with Gasteiger partial charge in [0.1, 0.15) is 16.5 Å². The molecule has 0 atom stereocenters. The van der Waals surface area contributed by atoms with E-state index in [0.717, 1.165) is 18.7 Å². The van der Waals surface area contributed by atoms with E-state index in [9.17, 15) is 23.3 Å². The molecule has 0 saturated carbocycles. The number of hydrogen-bond donors (Lipinski definition) is 0. The van der Waals surface area contributed by atoms with Crippen LogP contribution < -0.4 is 9.47 Å². The van der Waals surface area contributed by atoms with Crippen LogP contribution in [0.15, 0.2) is 42.5 Å². The van der Waals surface area contributed by atoms with Crippen molar-refractivity contribution < 1.29 is 27.6 Å². The van der Waals surface area contributed by atoms with Crippen LogP contribution in [-0.4, -0.2) is 14.7 Å². The summed E-state index contributed by atoms with van der Waals surface area (Å²) in [6.07, 6.45) is -4.73. The predicted octanol–water partition coefficient (Wildman–Crippen LogP) is 5.89. The van der Waals surface area contributed by atoms with Crippen LogP contribution in [0.25, 0.3) is 0 Å². The minimum atomic E-state index is -4.73. The summed E-state index contributed by atoms with van der Waals surface area (Å²) in [6, 6.07) is 10.4. The normalized spacial score (nSPS) is 11.4. The van der Waals surface area contributed by atoms with E-state index in [0.29, 0.717) is 10.4 Å². The fourth-order valence-electron chi connectivity index (χ4n) is 2.54. The maximum atomic E-state index is 13.1. The first kappa shape index (κ1) is 20.5. The molecule has 0 aliphatic heterocycles. The average Bonchev–Trinajstić information content (AvgIpc) is 2.90. The van der Waals surface area contributed by atoms with Crippen LogP contribution >= 0.6 is 11.6 Å². The number of aryl methyl sites for hydroxylation is 2. The number of halogens is 4. The Morgan fingerprint density at radius 1 is 1.14 bits per heavy atom. The highest BCUT2D eigenvalue weighted by Crippen LogP contribution is 2.42. The zero-order valence-electron chi connectivity index (χ0n) is 15.0. The molecule has 3 rings (SSSR count). The number of aromatic nitrogens is 2. The van der Waals surface area contributed by atoms with Gasteiger partial charge in [0.15, 0.2) is 5.69 Å². The molecule has 0 aliphatic carbocycles. The summed E-state index contributed by atoms with van der Waals surface area (Å²) in [5.74, 6) is -0.294. The van der Waals surface area contributed by atoms with Gasteiger partial charge in [-0.1, -0.05) is 29.8 Å². The Bertz CT molecular complexity index is 1080. The van der Waals surface area contributed by atoms with E-state index in [-0.39, 0.29) is 17.2 Å². The Balaban J connectivity index is 1.98. The van der Waals surface area contributed by atoms with E-state index in [2.05, 4.69) is 5.10 Å². The third kappa shape index (κ3) is 4.27. The van der Waals surface area contributed by atoms with Crippen molar-refractivity contribution >= 4 is 17.3 Å². The predicted molar refractivity (Wildman–Crippen MR) is 97.6 cm³/mol. The largest absolute Gasteiger partial charge is 0.450 e. The molecule has 0 bridgehead atoms. The molecular formula is C18H13ClF3N3O4. The molecule has 0 fully saturated rings. The lowest BCUT2D eigenvalue weighted by atomic mass is 10.2. The highest BCUT2D eigenvalue weighted by atomic mass is 35.5. The molecule has 0 aliphatic rings. The van der Waals surface area contributed by atoms with Crippen LogP contribution in [0.5, 0.6) is 23.1 Å². The number of rotatable bonds is 5. The zero-order chi connectivity index (χ0) is 21.3. The third-order valence-electron chi connectivity index (χ3n) is 3.88. The van der Waals surface area contributed by atoms with Crippen molar-refractivity contribution in [3.05, 3.63) is 68.9 Å². The summed E-state index contributed by atoms with van der Waals surface area (Å²) in [6.45, 7) is 1.76. The summed E-state index contributed by atoms with van der Waals surface area (Å²) in [7, 11) is 1.07. The fourth-order valence-corrected chi connectivity index (χ4v) is 2.84. The standard InChI is InChI=1S/C18H13ClF3N3O4/c1-10-5-3-4-6-13(10)29-14-9-11(7-8-12(14)25(26)27)28-17-15(19)16(18(20,21)22)24(2)23-17/h3-9H,1-2H3. The quantitative estimate of drug-likeness (QED) is 0.374. The van der Waals surface area contributed by atoms with Gasteiger partial charge in [-0.25, -0.2) is 0 Å². The molecule has 0 amide bonds. The fraction of sp³-hybridized carbons (Fsp3) is 0.167. The van der Waals surface area contributed by atoms with Crippen LogP contribution in [0, 0.1) is 17.0 Å². The second kappa shape index (κ2) is 7.63. The van der Waals surface area contributed by atoms with Gasteiger partial charge in [-0.2, -0.15) is 13.2 Å². The first-order valence-corrected chi connectivity index (χ1v) is 8.45. The van der Waals surface area contributed by atoms with Crippen molar-refractivity contribution in [1.29, 1.82) is 0 Å². The molecule has 2 aromatic carbocycles. The number of hydrogen-bond acceptors (Lipinski definition) is 5. The Morgan fingerprint density at radius 2 is 1.83 bits per heavy atom. The second-order valence-electron chi connectivity index (χ2n) is 5.95. The molecule has 0 spiro atoms. The third-order valence-corrected chi connectivity index (χ3v) is 4.23. The first-order chi connectivity index (χ1) is 13.6. The molecule has 0 saturated heterocycles. The van der Waals surface area contributed by atoms with Crippen LogP contribution in [-0.2, 0) is 13.2 Å². The first-order valence-electron chi connectivity index (χ1n) is 8.07. The van der Waals surface area contributed by atoms with Crippen molar-refractivity contribution in [2.45, 2.75) is 13.1 Å². The molecule has 0 unspecified atom stereocenters. The lowest BCUT2D eigenvalue weighted by Crippen LogP contribution is -2.12. The number of nitro benzene ring substituents is 1. The molecule has 11 heteroatoms. The zero-order valence-corrected chi connectivity index (χ0v) is 15.8. The molecule has 0 N–H and O–H groups in total. The van der Waals surface area contributed by atoms with Crippen molar-refractivity contribution in [3.63, 3.8) is 0 Å². The summed E-state index contributed by atoms with van der Waals surface area (Å²) < 4.78 is 50.7. The molecule has 3 aromatic rings. The maximum absolute atomic E-state index is 13.1. The Morgan fingerprint density at radius 3 is 2.41 bits per heavy atom. The van der Waals surface area contributed by atoms with E-state index in [1.54, 1.807) is 31.2 Å². The summed E-state index contributed by atoms with van der Waals surface area (Å²) in [4.78, 5) is 10.7. The van der Waals surface area contributed by atoms with Gasteiger partial charge in [0, 0.05) is 19.2 Å². The molecule has 152 valence electrons.